The van der Waals surface area contributed by atoms with Crippen LogP contribution in [0.4, 0.5) is 8.78 Å². The molecule has 0 aliphatic rings. The van der Waals surface area contributed by atoms with Gasteiger partial charge in [-0.05, 0) is 12.1 Å². The molecule has 0 bridgehead atoms. The second kappa shape index (κ2) is 5.52. The van der Waals surface area contributed by atoms with Crippen molar-refractivity contribution < 1.29 is 18.4 Å². The van der Waals surface area contributed by atoms with E-state index >= 15 is 0 Å². The molecule has 2 aromatic rings. The van der Waals surface area contributed by atoms with Crippen LogP contribution < -0.4 is 0 Å². The van der Waals surface area contributed by atoms with Crippen LogP contribution in [0, 0.1) is 5.82 Å². The highest BCUT2D eigenvalue weighted by Gasteiger charge is 2.25. The zero-order valence-corrected chi connectivity index (χ0v) is 9.85. The standard InChI is InChI=1S/C15H10F2O2/c16-13-8-4-3-7-12(13)15(19)14(17)11-6-2-1-5-10(11)9-18/h1-9,14H. The summed E-state index contributed by atoms with van der Waals surface area (Å²) in [5.41, 5.74) is -0.291. The molecule has 0 spiro atoms. The van der Waals surface area contributed by atoms with Crippen LogP contribution in [0.15, 0.2) is 48.5 Å². The van der Waals surface area contributed by atoms with Gasteiger partial charge in [-0.15, -0.1) is 0 Å². The van der Waals surface area contributed by atoms with Gasteiger partial charge in [-0.2, -0.15) is 0 Å². The van der Waals surface area contributed by atoms with Gasteiger partial charge in [-0.3, -0.25) is 9.59 Å². The summed E-state index contributed by atoms with van der Waals surface area (Å²) in [7, 11) is 0. The fourth-order valence-corrected chi connectivity index (χ4v) is 1.79. The van der Waals surface area contributed by atoms with Crippen molar-refractivity contribution >= 4 is 12.1 Å². The van der Waals surface area contributed by atoms with Gasteiger partial charge in [0.25, 0.3) is 0 Å². The molecule has 96 valence electrons. The van der Waals surface area contributed by atoms with Gasteiger partial charge < -0.3 is 0 Å². The van der Waals surface area contributed by atoms with E-state index in [1.807, 2.05) is 0 Å². The minimum Gasteiger partial charge on any atom is -0.298 e. The zero-order valence-electron chi connectivity index (χ0n) is 9.85. The summed E-state index contributed by atoms with van der Waals surface area (Å²) < 4.78 is 27.6. The Labute approximate surface area is 108 Å². The van der Waals surface area contributed by atoms with Crippen molar-refractivity contribution in [1.82, 2.24) is 0 Å². The molecule has 1 atom stereocenters. The van der Waals surface area contributed by atoms with Crippen molar-refractivity contribution in [3.63, 3.8) is 0 Å². The lowest BCUT2D eigenvalue weighted by atomic mass is 9.97. The molecule has 0 heterocycles. The molecule has 0 aliphatic heterocycles. The van der Waals surface area contributed by atoms with Gasteiger partial charge in [0.2, 0.25) is 5.78 Å². The predicted octanol–water partition coefficient (Wildman–Crippen LogP) is 3.53. The summed E-state index contributed by atoms with van der Waals surface area (Å²) in [4.78, 5) is 22.7. The number of Topliss-reactive ketones (excluding diaryl/α,β-unsaturated/α-hetero) is 1. The molecular weight excluding hydrogens is 250 g/mol. The van der Waals surface area contributed by atoms with E-state index in [2.05, 4.69) is 0 Å². The van der Waals surface area contributed by atoms with Gasteiger partial charge in [0.1, 0.15) is 12.1 Å². The van der Waals surface area contributed by atoms with Crippen LogP contribution in [0.5, 0.6) is 0 Å². The number of carbonyl (C=O) groups excluding carboxylic acids is 2. The van der Waals surface area contributed by atoms with Crippen LogP contribution in [-0.4, -0.2) is 12.1 Å². The monoisotopic (exact) mass is 260 g/mol. The fourth-order valence-electron chi connectivity index (χ4n) is 1.79. The summed E-state index contributed by atoms with van der Waals surface area (Å²) in [5.74, 6) is -1.77. The third-order valence-electron chi connectivity index (χ3n) is 2.77. The first-order chi connectivity index (χ1) is 9.15. The predicted molar refractivity (Wildman–Crippen MR) is 66.4 cm³/mol. The van der Waals surface area contributed by atoms with Crippen LogP contribution in [0.2, 0.25) is 0 Å². The molecule has 0 amide bonds. The highest BCUT2D eigenvalue weighted by Crippen LogP contribution is 2.25. The maximum absolute atomic E-state index is 14.2. The van der Waals surface area contributed by atoms with Gasteiger partial charge in [-0.1, -0.05) is 36.4 Å². The van der Waals surface area contributed by atoms with E-state index in [-0.39, 0.29) is 16.7 Å². The second-order valence-electron chi connectivity index (χ2n) is 3.95. The molecule has 2 nitrogen and oxygen atoms in total. The van der Waals surface area contributed by atoms with E-state index in [1.54, 1.807) is 6.07 Å². The average Bonchev–Trinajstić information content (AvgIpc) is 2.46. The molecule has 4 heteroatoms. The van der Waals surface area contributed by atoms with Crippen molar-refractivity contribution in [2.24, 2.45) is 0 Å². The van der Waals surface area contributed by atoms with Gasteiger partial charge in [0.05, 0.1) is 5.56 Å². The van der Waals surface area contributed by atoms with E-state index in [9.17, 15) is 18.4 Å². The Kier molecular flexibility index (Phi) is 3.80. The number of aldehydes is 1. The maximum Gasteiger partial charge on any atom is 0.204 e. The van der Waals surface area contributed by atoms with Gasteiger partial charge >= 0.3 is 0 Å². The maximum atomic E-state index is 14.2. The lowest BCUT2D eigenvalue weighted by Crippen LogP contribution is -2.12. The first-order valence-electron chi connectivity index (χ1n) is 5.62. The largest absolute Gasteiger partial charge is 0.298 e. The Balaban J connectivity index is 2.39. The van der Waals surface area contributed by atoms with Crippen LogP contribution in [0.25, 0.3) is 0 Å². The van der Waals surface area contributed by atoms with E-state index in [4.69, 9.17) is 0 Å². The third kappa shape index (κ3) is 2.57. The molecule has 2 rings (SSSR count). The van der Waals surface area contributed by atoms with E-state index in [0.717, 1.165) is 6.07 Å². The summed E-state index contributed by atoms with van der Waals surface area (Å²) in [5, 5.41) is 0. The summed E-state index contributed by atoms with van der Waals surface area (Å²) in [6.45, 7) is 0. The van der Waals surface area contributed by atoms with Crippen molar-refractivity contribution in [2.45, 2.75) is 6.17 Å². The number of carbonyl (C=O) groups is 2. The molecule has 0 saturated heterocycles. The molecule has 0 radical (unpaired) electrons. The highest BCUT2D eigenvalue weighted by atomic mass is 19.1. The zero-order chi connectivity index (χ0) is 13.8. The summed E-state index contributed by atoms with van der Waals surface area (Å²) in [6, 6.07) is 11.0. The van der Waals surface area contributed by atoms with Crippen molar-refractivity contribution in [2.75, 3.05) is 0 Å². The molecule has 0 fully saturated rings. The Morgan fingerprint density at radius 1 is 1.05 bits per heavy atom. The summed E-state index contributed by atoms with van der Waals surface area (Å²) in [6.07, 6.45) is -1.59. The minimum atomic E-state index is -2.06. The normalized spacial score (nSPS) is 11.9. The lowest BCUT2D eigenvalue weighted by molar-refractivity contribution is 0.0872. The van der Waals surface area contributed by atoms with Crippen LogP contribution in [0.3, 0.4) is 0 Å². The number of alkyl halides is 1. The fraction of sp³-hybridized carbons (Fsp3) is 0.0667. The topological polar surface area (TPSA) is 34.1 Å². The molecular formula is C15H10F2O2. The van der Waals surface area contributed by atoms with Crippen molar-refractivity contribution in [3.8, 4) is 0 Å². The molecule has 0 aromatic heterocycles. The number of hydrogen-bond donors (Lipinski definition) is 0. The molecule has 2 aromatic carbocycles. The summed E-state index contributed by atoms with van der Waals surface area (Å²) >= 11 is 0. The Morgan fingerprint density at radius 2 is 1.68 bits per heavy atom. The second-order valence-corrected chi connectivity index (χ2v) is 3.95. The molecule has 0 aliphatic carbocycles. The van der Waals surface area contributed by atoms with Crippen LogP contribution in [-0.2, 0) is 0 Å². The van der Waals surface area contributed by atoms with Crippen molar-refractivity contribution in [1.29, 1.82) is 0 Å². The smallest absolute Gasteiger partial charge is 0.204 e. The molecule has 0 N–H and O–H groups in total. The number of halogens is 2. The number of hydrogen-bond acceptors (Lipinski definition) is 2. The quantitative estimate of drug-likeness (QED) is 0.622. The first kappa shape index (κ1) is 13.1. The minimum absolute atomic E-state index is 0.0502. The van der Waals surface area contributed by atoms with Gasteiger partial charge in [0.15, 0.2) is 6.17 Å². The van der Waals surface area contributed by atoms with Crippen LogP contribution in [0.1, 0.15) is 32.5 Å². The van der Waals surface area contributed by atoms with E-state index < -0.39 is 17.8 Å². The van der Waals surface area contributed by atoms with Crippen molar-refractivity contribution in [3.05, 3.63) is 71.0 Å². The van der Waals surface area contributed by atoms with Gasteiger partial charge in [-0.25, -0.2) is 8.78 Å². The Morgan fingerprint density at radius 3 is 2.37 bits per heavy atom. The lowest BCUT2D eigenvalue weighted by Gasteiger charge is -2.10. The average molecular weight is 260 g/mol. The number of rotatable bonds is 4. The molecule has 19 heavy (non-hydrogen) atoms. The van der Waals surface area contributed by atoms with Gasteiger partial charge in [0, 0.05) is 11.1 Å². The Hall–Kier alpha value is -2.36. The first-order valence-corrected chi connectivity index (χ1v) is 5.62. The molecule has 0 saturated carbocycles. The number of ketones is 1. The number of benzene rings is 2. The van der Waals surface area contributed by atoms with E-state index in [1.165, 1.54) is 36.4 Å². The Bertz CT molecular complexity index is 623. The van der Waals surface area contributed by atoms with E-state index in [0.29, 0.717) is 6.29 Å². The highest BCUT2D eigenvalue weighted by molar-refractivity contribution is 6.01. The molecule has 1 unspecified atom stereocenters. The SMILES string of the molecule is O=Cc1ccccc1C(F)C(=O)c1ccccc1F. The van der Waals surface area contributed by atoms with Crippen LogP contribution >= 0.6 is 0 Å². The third-order valence-corrected chi connectivity index (χ3v) is 2.77.